The summed E-state index contributed by atoms with van der Waals surface area (Å²) in [5, 5.41) is 1.81. The molecule has 0 aliphatic heterocycles. The smallest absolute Gasteiger partial charge is 0.309 e. The van der Waals surface area contributed by atoms with Crippen LogP contribution in [0.2, 0.25) is 0 Å². The number of fused-ring (bicyclic) bond motifs is 7. The SMILES string of the molecule is O=S(=O)(c1ccccc1)c1cccc(-c2nc3c(nc4oc5ccccc5n43)c3ccccc23)c1. The minimum absolute atomic E-state index is 0.222. The van der Waals surface area contributed by atoms with Crippen LogP contribution in [0.1, 0.15) is 0 Å². The highest BCUT2D eigenvalue weighted by molar-refractivity contribution is 7.91. The Hall–Kier alpha value is -4.49. The van der Waals surface area contributed by atoms with Crippen molar-refractivity contribution in [3.8, 4) is 11.3 Å². The maximum atomic E-state index is 13.3. The number of hydrogen-bond acceptors (Lipinski definition) is 5. The normalized spacial score (nSPS) is 12.2. The summed E-state index contributed by atoms with van der Waals surface area (Å²) in [4.78, 5) is 10.3. The summed E-state index contributed by atoms with van der Waals surface area (Å²) in [7, 11) is -3.67. The first-order chi connectivity index (χ1) is 17.1. The lowest BCUT2D eigenvalue weighted by molar-refractivity contribution is 0.596. The molecule has 4 aromatic carbocycles. The van der Waals surface area contributed by atoms with Crippen molar-refractivity contribution in [1.82, 2.24) is 14.4 Å². The van der Waals surface area contributed by atoms with E-state index in [0.717, 1.165) is 27.4 Å². The molecule has 0 fully saturated rings. The van der Waals surface area contributed by atoms with E-state index in [1.165, 1.54) is 0 Å². The van der Waals surface area contributed by atoms with Crippen LogP contribution >= 0.6 is 0 Å². The number of sulfone groups is 1. The van der Waals surface area contributed by atoms with E-state index >= 15 is 0 Å². The number of rotatable bonds is 3. The Morgan fingerprint density at radius 2 is 1.40 bits per heavy atom. The highest BCUT2D eigenvalue weighted by atomic mass is 32.2. The number of hydrogen-bond donors (Lipinski definition) is 0. The van der Waals surface area contributed by atoms with Crippen molar-refractivity contribution in [2.45, 2.75) is 9.79 Å². The summed E-state index contributed by atoms with van der Waals surface area (Å²) in [5.74, 6) is 0.469. The molecule has 3 aromatic heterocycles. The van der Waals surface area contributed by atoms with Crippen molar-refractivity contribution < 1.29 is 12.8 Å². The third kappa shape index (κ3) is 2.92. The fourth-order valence-corrected chi connectivity index (χ4v) is 5.94. The standard InChI is InChI=1S/C28H17N3O3S/c32-35(33,19-10-2-1-3-11-19)20-12-8-9-18(17-20)25-21-13-4-5-14-22(21)26-27(29-25)31-23-15-6-7-16-24(23)34-28(31)30-26/h1-17H. The van der Waals surface area contributed by atoms with Crippen molar-refractivity contribution in [3.63, 3.8) is 0 Å². The average molecular weight is 476 g/mol. The highest BCUT2D eigenvalue weighted by Crippen LogP contribution is 2.35. The summed E-state index contributed by atoms with van der Waals surface area (Å²) < 4.78 is 34.5. The Morgan fingerprint density at radius 1 is 0.686 bits per heavy atom. The first-order valence-corrected chi connectivity index (χ1v) is 12.6. The number of benzene rings is 4. The Balaban J connectivity index is 1.53. The molecule has 0 bridgehead atoms. The molecule has 0 spiro atoms. The third-order valence-electron chi connectivity index (χ3n) is 6.26. The Kier molecular flexibility index (Phi) is 4.13. The molecule has 3 heterocycles. The van der Waals surface area contributed by atoms with E-state index in [1.54, 1.807) is 48.5 Å². The number of aromatic nitrogens is 3. The molecule has 7 aromatic rings. The zero-order chi connectivity index (χ0) is 23.6. The molecule has 0 aliphatic carbocycles. The van der Waals surface area contributed by atoms with Crippen LogP contribution in [0.15, 0.2) is 117 Å². The summed E-state index contributed by atoms with van der Waals surface area (Å²) >= 11 is 0. The molecule has 0 N–H and O–H groups in total. The molecule has 0 aliphatic rings. The lowest BCUT2D eigenvalue weighted by Gasteiger charge is -2.10. The Morgan fingerprint density at radius 3 is 2.26 bits per heavy atom. The maximum Gasteiger partial charge on any atom is 0.309 e. The van der Waals surface area contributed by atoms with Crippen LogP contribution in [0.3, 0.4) is 0 Å². The predicted octanol–water partition coefficient (Wildman–Crippen LogP) is 6.28. The summed E-state index contributed by atoms with van der Waals surface area (Å²) in [6.07, 6.45) is 0. The monoisotopic (exact) mass is 475 g/mol. The van der Waals surface area contributed by atoms with Gasteiger partial charge in [-0.05, 0) is 36.4 Å². The molecule has 0 saturated heterocycles. The Bertz CT molecular complexity index is 2020. The minimum atomic E-state index is -3.67. The van der Waals surface area contributed by atoms with E-state index in [2.05, 4.69) is 0 Å². The average Bonchev–Trinajstić information content (AvgIpc) is 3.45. The van der Waals surface area contributed by atoms with Gasteiger partial charge >= 0.3 is 5.84 Å². The highest BCUT2D eigenvalue weighted by Gasteiger charge is 2.21. The molecular formula is C28H17N3O3S. The molecule has 168 valence electrons. The molecule has 7 rings (SSSR count). The van der Waals surface area contributed by atoms with Gasteiger partial charge in [-0.15, -0.1) is 0 Å². The summed E-state index contributed by atoms with van der Waals surface area (Å²) in [6.45, 7) is 0. The van der Waals surface area contributed by atoms with E-state index < -0.39 is 9.84 Å². The first-order valence-electron chi connectivity index (χ1n) is 11.1. The molecule has 0 radical (unpaired) electrons. The van der Waals surface area contributed by atoms with E-state index in [4.69, 9.17) is 14.4 Å². The molecule has 0 amide bonds. The van der Waals surface area contributed by atoms with Gasteiger partial charge in [0.15, 0.2) is 11.2 Å². The van der Waals surface area contributed by atoms with Gasteiger partial charge < -0.3 is 4.42 Å². The van der Waals surface area contributed by atoms with Gasteiger partial charge in [-0.2, -0.15) is 4.98 Å². The number of oxazole rings is 1. The number of nitrogens with zero attached hydrogens (tertiary/aromatic N) is 3. The third-order valence-corrected chi connectivity index (χ3v) is 8.02. The molecule has 0 unspecified atom stereocenters. The predicted molar refractivity (Wildman–Crippen MR) is 135 cm³/mol. The van der Waals surface area contributed by atoms with Gasteiger partial charge in [0.25, 0.3) is 0 Å². The van der Waals surface area contributed by atoms with E-state index in [0.29, 0.717) is 22.7 Å². The Labute approximate surface area is 200 Å². The van der Waals surface area contributed by atoms with Gasteiger partial charge in [0.05, 0.1) is 21.0 Å². The van der Waals surface area contributed by atoms with Crippen molar-refractivity contribution >= 4 is 48.7 Å². The first kappa shape index (κ1) is 19.9. The van der Waals surface area contributed by atoms with Crippen LogP contribution in [0, 0.1) is 0 Å². The van der Waals surface area contributed by atoms with E-state index in [1.807, 2.05) is 59.0 Å². The number of imidazole rings is 1. The summed E-state index contributed by atoms with van der Waals surface area (Å²) in [6, 6.07) is 31.0. The van der Waals surface area contributed by atoms with Crippen molar-refractivity contribution in [2.75, 3.05) is 0 Å². The van der Waals surface area contributed by atoms with E-state index in [-0.39, 0.29) is 9.79 Å². The van der Waals surface area contributed by atoms with Crippen LogP contribution < -0.4 is 0 Å². The van der Waals surface area contributed by atoms with Crippen molar-refractivity contribution in [1.29, 1.82) is 0 Å². The van der Waals surface area contributed by atoms with Crippen LogP contribution in [0.25, 0.3) is 50.1 Å². The van der Waals surface area contributed by atoms with Crippen LogP contribution in [0.4, 0.5) is 0 Å². The van der Waals surface area contributed by atoms with Crippen molar-refractivity contribution in [2.24, 2.45) is 0 Å². The second-order valence-corrected chi connectivity index (χ2v) is 10.3. The van der Waals surface area contributed by atoms with Gasteiger partial charge in [0.2, 0.25) is 9.84 Å². The van der Waals surface area contributed by atoms with Crippen LogP contribution in [-0.2, 0) is 9.84 Å². The molecule has 35 heavy (non-hydrogen) atoms. The van der Waals surface area contributed by atoms with Gasteiger partial charge in [-0.1, -0.05) is 66.7 Å². The fourth-order valence-electron chi connectivity index (χ4n) is 4.62. The second kappa shape index (κ2) is 7.25. The maximum absolute atomic E-state index is 13.3. The molecule has 6 nitrogen and oxygen atoms in total. The van der Waals surface area contributed by atoms with Gasteiger partial charge in [0.1, 0.15) is 5.52 Å². The van der Waals surface area contributed by atoms with E-state index in [9.17, 15) is 8.42 Å². The van der Waals surface area contributed by atoms with Gasteiger partial charge in [-0.3, -0.25) is 0 Å². The van der Waals surface area contributed by atoms with Gasteiger partial charge in [-0.25, -0.2) is 17.8 Å². The molecular weight excluding hydrogens is 458 g/mol. The van der Waals surface area contributed by atoms with Crippen LogP contribution in [0.5, 0.6) is 0 Å². The molecule has 7 heteroatoms. The largest absolute Gasteiger partial charge is 0.423 e. The van der Waals surface area contributed by atoms with Crippen molar-refractivity contribution in [3.05, 3.63) is 103 Å². The number of para-hydroxylation sites is 2. The zero-order valence-electron chi connectivity index (χ0n) is 18.3. The number of pyridine rings is 1. The zero-order valence-corrected chi connectivity index (χ0v) is 19.1. The van der Waals surface area contributed by atoms with Gasteiger partial charge in [0, 0.05) is 16.3 Å². The molecule has 0 saturated carbocycles. The quantitative estimate of drug-likeness (QED) is 0.300. The minimum Gasteiger partial charge on any atom is -0.423 e. The fraction of sp³-hybridized carbons (Fsp3) is 0. The topological polar surface area (TPSA) is 77.5 Å². The van der Waals surface area contributed by atoms with Crippen LogP contribution in [-0.4, -0.2) is 22.8 Å². The lowest BCUT2D eigenvalue weighted by Crippen LogP contribution is -2.02. The second-order valence-electron chi connectivity index (χ2n) is 8.32. The molecule has 0 atom stereocenters. The summed E-state index contributed by atoms with van der Waals surface area (Å²) in [5.41, 5.74) is 4.40. The lowest BCUT2D eigenvalue weighted by atomic mass is 10.0.